The lowest BCUT2D eigenvalue weighted by molar-refractivity contribution is 0.0342. The minimum atomic E-state index is 0.147. The van der Waals surface area contributed by atoms with Gasteiger partial charge in [0.2, 0.25) is 0 Å². The van der Waals surface area contributed by atoms with E-state index in [-0.39, 0.29) is 5.75 Å². The number of hydrogen-bond acceptors (Lipinski definition) is 3. The number of phenols is 1. The maximum absolute atomic E-state index is 10.2. The molecule has 1 aliphatic rings. The molecule has 1 fully saturated rings. The Balaban J connectivity index is 1.90. The molecule has 3 rings (SSSR count). The number of ether oxygens (including phenoxy) is 1. The van der Waals surface area contributed by atoms with Crippen LogP contribution in [0, 0.1) is 0 Å². The van der Waals surface area contributed by atoms with Crippen molar-refractivity contribution >= 4 is 11.6 Å². The van der Waals surface area contributed by atoms with Crippen molar-refractivity contribution in [2.24, 2.45) is 0 Å². The van der Waals surface area contributed by atoms with E-state index in [1.54, 1.807) is 0 Å². The molecule has 3 nitrogen and oxygen atoms in total. The van der Waals surface area contributed by atoms with E-state index in [0.717, 1.165) is 49.5 Å². The standard InChI is InChI=1S/C17H18ClNO2/c18-16-11-13(12-19-6-8-21-9-7-19)10-15(17(16)20)14-4-2-1-3-5-14/h1-5,10-11,20H,6-9,12H2. The van der Waals surface area contributed by atoms with E-state index in [1.165, 1.54) is 0 Å². The molecule has 0 spiro atoms. The summed E-state index contributed by atoms with van der Waals surface area (Å²) < 4.78 is 5.37. The Morgan fingerprint density at radius 3 is 2.52 bits per heavy atom. The van der Waals surface area contributed by atoms with E-state index in [0.29, 0.717) is 5.02 Å². The first-order valence-corrected chi connectivity index (χ1v) is 7.49. The molecule has 2 aromatic carbocycles. The van der Waals surface area contributed by atoms with Crippen LogP contribution in [-0.2, 0) is 11.3 Å². The number of benzene rings is 2. The van der Waals surface area contributed by atoms with Crippen LogP contribution in [0.15, 0.2) is 42.5 Å². The lowest BCUT2D eigenvalue weighted by Gasteiger charge is -2.27. The van der Waals surface area contributed by atoms with Crippen LogP contribution in [0.2, 0.25) is 5.02 Å². The average molecular weight is 304 g/mol. The number of nitrogens with zero attached hydrogens (tertiary/aromatic N) is 1. The van der Waals surface area contributed by atoms with Crippen molar-refractivity contribution in [2.75, 3.05) is 26.3 Å². The zero-order valence-corrected chi connectivity index (χ0v) is 12.5. The van der Waals surface area contributed by atoms with Crippen LogP contribution < -0.4 is 0 Å². The maximum atomic E-state index is 10.2. The third-order valence-electron chi connectivity index (χ3n) is 3.72. The molecule has 110 valence electrons. The zero-order chi connectivity index (χ0) is 14.7. The fraction of sp³-hybridized carbons (Fsp3) is 0.294. The molecule has 1 N–H and O–H groups in total. The summed E-state index contributed by atoms with van der Waals surface area (Å²) in [5.74, 6) is 0.147. The van der Waals surface area contributed by atoms with Gasteiger partial charge in [-0.2, -0.15) is 0 Å². The molecule has 0 saturated carbocycles. The summed E-state index contributed by atoms with van der Waals surface area (Å²) in [5, 5.41) is 10.6. The SMILES string of the molecule is Oc1c(Cl)cc(CN2CCOCC2)cc1-c1ccccc1. The summed E-state index contributed by atoms with van der Waals surface area (Å²) >= 11 is 6.19. The predicted molar refractivity (Wildman–Crippen MR) is 84.6 cm³/mol. The van der Waals surface area contributed by atoms with Gasteiger partial charge in [0.15, 0.2) is 0 Å². The topological polar surface area (TPSA) is 32.7 Å². The number of rotatable bonds is 3. The van der Waals surface area contributed by atoms with Crippen molar-refractivity contribution in [3.05, 3.63) is 53.1 Å². The number of halogens is 1. The first-order chi connectivity index (χ1) is 10.2. The number of morpholine rings is 1. The van der Waals surface area contributed by atoms with E-state index < -0.39 is 0 Å². The average Bonchev–Trinajstić information content (AvgIpc) is 2.52. The first kappa shape index (κ1) is 14.4. The van der Waals surface area contributed by atoms with Crippen LogP contribution >= 0.6 is 11.6 Å². The largest absolute Gasteiger partial charge is 0.506 e. The Morgan fingerprint density at radius 1 is 1.10 bits per heavy atom. The molecule has 0 aliphatic carbocycles. The monoisotopic (exact) mass is 303 g/mol. The zero-order valence-electron chi connectivity index (χ0n) is 11.8. The Hall–Kier alpha value is -1.55. The Bertz CT molecular complexity index is 610. The van der Waals surface area contributed by atoms with Crippen LogP contribution in [0.1, 0.15) is 5.56 Å². The van der Waals surface area contributed by atoms with Gasteiger partial charge in [-0.05, 0) is 23.3 Å². The Morgan fingerprint density at radius 2 is 1.81 bits per heavy atom. The maximum Gasteiger partial charge on any atom is 0.142 e. The fourth-order valence-corrected chi connectivity index (χ4v) is 2.84. The van der Waals surface area contributed by atoms with Gasteiger partial charge in [-0.25, -0.2) is 0 Å². The second-order valence-corrected chi connectivity index (χ2v) is 5.64. The number of hydrogen-bond donors (Lipinski definition) is 1. The molecular weight excluding hydrogens is 286 g/mol. The molecule has 0 amide bonds. The van der Waals surface area contributed by atoms with E-state index >= 15 is 0 Å². The first-order valence-electron chi connectivity index (χ1n) is 7.11. The highest BCUT2D eigenvalue weighted by atomic mass is 35.5. The van der Waals surface area contributed by atoms with Gasteiger partial charge in [0.1, 0.15) is 5.75 Å². The molecule has 1 heterocycles. The summed E-state index contributed by atoms with van der Waals surface area (Å²) in [6, 6.07) is 13.7. The van der Waals surface area contributed by atoms with Crippen molar-refractivity contribution in [1.82, 2.24) is 4.90 Å². The molecule has 0 aromatic heterocycles. The summed E-state index contributed by atoms with van der Waals surface area (Å²) in [7, 11) is 0. The molecule has 0 bridgehead atoms. The third-order valence-corrected chi connectivity index (χ3v) is 4.01. The highest BCUT2D eigenvalue weighted by Gasteiger charge is 2.14. The molecule has 4 heteroatoms. The smallest absolute Gasteiger partial charge is 0.142 e. The molecule has 0 radical (unpaired) electrons. The van der Waals surface area contributed by atoms with E-state index in [4.69, 9.17) is 16.3 Å². The van der Waals surface area contributed by atoms with Crippen LogP contribution in [0.3, 0.4) is 0 Å². The van der Waals surface area contributed by atoms with Crippen molar-refractivity contribution in [1.29, 1.82) is 0 Å². The molecule has 0 unspecified atom stereocenters. The minimum absolute atomic E-state index is 0.147. The van der Waals surface area contributed by atoms with Gasteiger partial charge in [0.25, 0.3) is 0 Å². The summed E-state index contributed by atoms with van der Waals surface area (Å²) in [4.78, 5) is 2.33. The van der Waals surface area contributed by atoms with Crippen molar-refractivity contribution in [3.63, 3.8) is 0 Å². The van der Waals surface area contributed by atoms with Crippen LogP contribution in [0.5, 0.6) is 5.75 Å². The second-order valence-electron chi connectivity index (χ2n) is 5.23. The lowest BCUT2D eigenvalue weighted by Crippen LogP contribution is -2.35. The Kier molecular flexibility index (Phi) is 4.44. The van der Waals surface area contributed by atoms with Gasteiger partial charge in [-0.15, -0.1) is 0 Å². The summed E-state index contributed by atoms with van der Waals surface area (Å²) in [5.41, 5.74) is 2.87. The van der Waals surface area contributed by atoms with Crippen molar-refractivity contribution < 1.29 is 9.84 Å². The normalized spacial score (nSPS) is 16.0. The molecule has 0 atom stereocenters. The number of aromatic hydroxyl groups is 1. The summed E-state index contributed by atoms with van der Waals surface area (Å²) in [6.45, 7) is 4.23. The van der Waals surface area contributed by atoms with Gasteiger partial charge < -0.3 is 9.84 Å². The Labute approximate surface area is 129 Å². The quantitative estimate of drug-likeness (QED) is 0.941. The lowest BCUT2D eigenvalue weighted by atomic mass is 10.0. The van der Waals surface area contributed by atoms with Crippen LogP contribution in [0.25, 0.3) is 11.1 Å². The van der Waals surface area contributed by atoms with Crippen molar-refractivity contribution in [3.8, 4) is 16.9 Å². The van der Waals surface area contributed by atoms with E-state index in [9.17, 15) is 5.11 Å². The molecular formula is C17H18ClNO2. The highest BCUT2D eigenvalue weighted by molar-refractivity contribution is 6.32. The van der Waals surface area contributed by atoms with Gasteiger partial charge in [-0.1, -0.05) is 41.9 Å². The van der Waals surface area contributed by atoms with Crippen molar-refractivity contribution in [2.45, 2.75) is 6.54 Å². The van der Waals surface area contributed by atoms with Gasteiger partial charge in [0, 0.05) is 25.2 Å². The summed E-state index contributed by atoms with van der Waals surface area (Å²) in [6.07, 6.45) is 0. The third kappa shape index (κ3) is 3.38. The fourth-order valence-electron chi connectivity index (χ4n) is 2.60. The predicted octanol–water partition coefficient (Wildman–Crippen LogP) is 3.54. The van der Waals surface area contributed by atoms with Gasteiger partial charge in [-0.3, -0.25) is 4.90 Å². The second kappa shape index (κ2) is 6.48. The van der Waals surface area contributed by atoms with Crippen LogP contribution in [-0.4, -0.2) is 36.3 Å². The van der Waals surface area contributed by atoms with Crippen LogP contribution in [0.4, 0.5) is 0 Å². The van der Waals surface area contributed by atoms with Gasteiger partial charge >= 0.3 is 0 Å². The van der Waals surface area contributed by atoms with E-state index in [1.807, 2.05) is 42.5 Å². The number of phenolic OH excluding ortho intramolecular Hbond substituents is 1. The molecule has 1 aliphatic heterocycles. The van der Waals surface area contributed by atoms with Gasteiger partial charge in [0.05, 0.1) is 18.2 Å². The van der Waals surface area contributed by atoms with E-state index in [2.05, 4.69) is 4.90 Å². The molecule has 21 heavy (non-hydrogen) atoms. The minimum Gasteiger partial charge on any atom is -0.506 e. The highest BCUT2D eigenvalue weighted by Crippen LogP contribution is 2.36. The molecule has 1 saturated heterocycles. The molecule has 2 aromatic rings.